The third kappa shape index (κ3) is 4.68. The molecule has 248 valence electrons. The Balaban J connectivity index is 1.20. The topological polar surface area (TPSA) is 21.3 Å². The van der Waals surface area contributed by atoms with Crippen LogP contribution in [-0.2, 0) is 0 Å². The van der Waals surface area contributed by atoms with E-state index < -0.39 is 0 Å². The maximum Gasteiger partial charge on any atom is 0.143 e. The molecular weight excluding hydrogens is 645 g/mol. The van der Waals surface area contributed by atoms with Crippen molar-refractivity contribution in [3.63, 3.8) is 0 Å². The van der Waals surface area contributed by atoms with Gasteiger partial charge in [-0.2, -0.15) is 0 Å². The van der Waals surface area contributed by atoms with Gasteiger partial charge in [0, 0.05) is 38.6 Å². The molecule has 0 saturated carbocycles. The van der Waals surface area contributed by atoms with E-state index in [2.05, 4.69) is 204 Å². The summed E-state index contributed by atoms with van der Waals surface area (Å²) in [4.78, 5) is 2.41. The standard InChI is InChI=1S/C50H32N2O/c1-3-12-33(13-4-1)36-23-22-34-24-26-39(31-37(34)30-36)51(46-20-11-21-48-49(46)44-28-25-35-14-7-8-17-41(35)50(44)53-48)40-27-29-43-42-18-9-10-19-45(42)52(47(43)32-40)38-15-5-2-6-16-38/h1-32H. The third-order valence-corrected chi connectivity index (χ3v) is 10.7. The van der Waals surface area contributed by atoms with Crippen LogP contribution in [0.3, 0.4) is 0 Å². The zero-order valence-corrected chi connectivity index (χ0v) is 28.8. The Morgan fingerprint density at radius 1 is 0.396 bits per heavy atom. The third-order valence-electron chi connectivity index (χ3n) is 10.7. The fourth-order valence-corrected chi connectivity index (χ4v) is 8.29. The minimum absolute atomic E-state index is 0.866. The van der Waals surface area contributed by atoms with E-state index in [1.54, 1.807) is 0 Å². The van der Waals surface area contributed by atoms with Gasteiger partial charge in [0.1, 0.15) is 11.2 Å². The molecule has 0 aliphatic heterocycles. The van der Waals surface area contributed by atoms with Crippen molar-refractivity contribution < 1.29 is 4.42 Å². The van der Waals surface area contributed by atoms with Gasteiger partial charge < -0.3 is 13.9 Å². The van der Waals surface area contributed by atoms with Crippen LogP contribution in [0.2, 0.25) is 0 Å². The van der Waals surface area contributed by atoms with E-state index in [-0.39, 0.29) is 0 Å². The van der Waals surface area contributed by atoms with Gasteiger partial charge in [-0.15, -0.1) is 0 Å². The molecule has 0 spiro atoms. The van der Waals surface area contributed by atoms with Crippen LogP contribution < -0.4 is 4.90 Å². The number of hydrogen-bond acceptors (Lipinski definition) is 2. The molecule has 3 nitrogen and oxygen atoms in total. The van der Waals surface area contributed by atoms with Crippen molar-refractivity contribution in [1.29, 1.82) is 0 Å². The lowest BCUT2D eigenvalue weighted by molar-refractivity contribution is 0.672. The number of hydrogen-bond donors (Lipinski definition) is 0. The Morgan fingerprint density at radius 2 is 1.08 bits per heavy atom. The highest BCUT2D eigenvalue weighted by Gasteiger charge is 2.22. The number of furan rings is 1. The second-order valence-electron chi connectivity index (χ2n) is 13.8. The summed E-state index contributed by atoms with van der Waals surface area (Å²) in [6.07, 6.45) is 0. The molecule has 0 bridgehead atoms. The smallest absolute Gasteiger partial charge is 0.143 e. The first-order valence-electron chi connectivity index (χ1n) is 18.1. The quantitative estimate of drug-likeness (QED) is 0.181. The van der Waals surface area contributed by atoms with Gasteiger partial charge in [0.15, 0.2) is 0 Å². The summed E-state index contributed by atoms with van der Waals surface area (Å²) in [5.74, 6) is 0. The van der Waals surface area contributed by atoms with E-state index >= 15 is 0 Å². The van der Waals surface area contributed by atoms with Crippen LogP contribution in [0.5, 0.6) is 0 Å². The number of aromatic nitrogens is 1. The molecule has 3 heteroatoms. The number of para-hydroxylation sites is 2. The SMILES string of the molecule is c1ccc(-c2ccc3ccc(N(c4ccc5c6ccccc6n(-c6ccccc6)c5c4)c4cccc5oc6c7ccccc7ccc6c45)cc3c2)cc1. The molecule has 0 N–H and O–H groups in total. The summed E-state index contributed by atoms with van der Waals surface area (Å²) in [5, 5.41) is 9.32. The van der Waals surface area contributed by atoms with Crippen LogP contribution in [-0.4, -0.2) is 4.57 Å². The van der Waals surface area contributed by atoms with Crippen LogP contribution in [0.4, 0.5) is 17.1 Å². The summed E-state index contributed by atoms with van der Waals surface area (Å²) >= 11 is 0. The van der Waals surface area contributed by atoms with Crippen LogP contribution in [0.15, 0.2) is 199 Å². The van der Waals surface area contributed by atoms with Gasteiger partial charge in [-0.05, 0) is 94.0 Å². The Morgan fingerprint density at radius 3 is 1.96 bits per heavy atom. The average Bonchev–Trinajstić information content (AvgIpc) is 3.78. The number of nitrogens with zero attached hydrogens (tertiary/aromatic N) is 2. The zero-order chi connectivity index (χ0) is 34.9. The average molecular weight is 677 g/mol. The van der Waals surface area contributed by atoms with E-state index in [1.165, 1.54) is 43.6 Å². The lowest BCUT2D eigenvalue weighted by atomic mass is 10.00. The Kier molecular flexibility index (Phi) is 6.55. The van der Waals surface area contributed by atoms with Crippen molar-refractivity contribution >= 4 is 82.4 Å². The highest BCUT2D eigenvalue weighted by molar-refractivity contribution is 6.20. The molecule has 0 unspecified atom stereocenters. The molecule has 2 heterocycles. The van der Waals surface area contributed by atoms with Crippen molar-refractivity contribution in [3.05, 3.63) is 194 Å². The largest absolute Gasteiger partial charge is 0.455 e. The normalized spacial score (nSPS) is 11.8. The molecule has 11 rings (SSSR count). The molecule has 11 aromatic rings. The molecule has 0 aliphatic rings. The molecule has 53 heavy (non-hydrogen) atoms. The maximum absolute atomic E-state index is 6.72. The first-order chi connectivity index (χ1) is 26.3. The molecule has 0 fully saturated rings. The first-order valence-corrected chi connectivity index (χ1v) is 18.1. The second kappa shape index (κ2) is 11.7. The van der Waals surface area contributed by atoms with E-state index in [1.807, 2.05) is 0 Å². The van der Waals surface area contributed by atoms with Crippen LogP contribution in [0, 0.1) is 0 Å². The molecule has 2 aromatic heterocycles. The van der Waals surface area contributed by atoms with Crippen LogP contribution in [0.25, 0.3) is 82.1 Å². The van der Waals surface area contributed by atoms with Crippen molar-refractivity contribution in [2.75, 3.05) is 4.90 Å². The molecule has 9 aromatic carbocycles. The minimum Gasteiger partial charge on any atom is -0.455 e. The highest BCUT2D eigenvalue weighted by atomic mass is 16.3. The lowest BCUT2D eigenvalue weighted by Crippen LogP contribution is -2.10. The Labute approximate surface area is 306 Å². The van der Waals surface area contributed by atoms with E-state index in [0.29, 0.717) is 0 Å². The van der Waals surface area contributed by atoms with Crippen LogP contribution >= 0.6 is 0 Å². The van der Waals surface area contributed by atoms with Gasteiger partial charge in [-0.25, -0.2) is 0 Å². The molecule has 0 atom stereocenters. The predicted molar refractivity (Wildman–Crippen MR) is 223 cm³/mol. The number of fused-ring (bicyclic) bond motifs is 9. The molecular formula is C50H32N2O. The van der Waals surface area contributed by atoms with Gasteiger partial charge in [-0.1, -0.05) is 127 Å². The number of anilines is 3. The first kappa shape index (κ1) is 29.6. The minimum atomic E-state index is 0.866. The molecule has 0 aliphatic carbocycles. The van der Waals surface area contributed by atoms with E-state index in [4.69, 9.17) is 4.42 Å². The fraction of sp³-hybridized carbons (Fsp3) is 0. The Hall–Kier alpha value is -7.10. The van der Waals surface area contributed by atoms with Crippen molar-refractivity contribution in [1.82, 2.24) is 4.57 Å². The molecule has 0 saturated heterocycles. The van der Waals surface area contributed by atoms with Gasteiger partial charge in [0.25, 0.3) is 0 Å². The second-order valence-corrected chi connectivity index (χ2v) is 13.8. The summed E-state index contributed by atoms with van der Waals surface area (Å²) in [7, 11) is 0. The van der Waals surface area contributed by atoms with Gasteiger partial charge in [-0.3, -0.25) is 0 Å². The van der Waals surface area contributed by atoms with Crippen molar-refractivity contribution in [2.45, 2.75) is 0 Å². The summed E-state index contributed by atoms with van der Waals surface area (Å²) in [6, 6.07) is 69.8. The number of rotatable bonds is 5. The summed E-state index contributed by atoms with van der Waals surface area (Å²) in [6.45, 7) is 0. The number of benzene rings is 9. The Bertz CT molecular complexity index is 3170. The fourth-order valence-electron chi connectivity index (χ4n) is 8.29. The van der Waals surface area contributed by atoms with Crippen molar-refractivity contribution in [3.8, 4) is 16.8 Å². The van der Waals surface area contributed by atoms with Gasteiger partial charge in [0.2, 0.25) is 0 Å². The van der Waals surface area contributed by atoms with E-state index in [9.17, 15) is 0 Å². The molecule has 0 amide bonds. The van der Waals surface area contributed by atoms with Gasteiger partial charge in [0.05, 0.1) is 22.1 Å². The van der Waals surface area contributed by atoms with E-state index in [0.717, 1.165) is 55.6 Å². The zero-order valence-electron chi connectivity index (χ0n) is 28.8. The highest BCUT2D eigenvalue weighted by Crippen LogP contribution is 2.46. The summed E-state index contributed by atoms with van der Waals surface area (Å²) in [5.41, 5.74) is 10.9. The molecule has 0 radical (unpaired) electrons. The maximum atomic E-state index is 6.72. The summed E-state index contributed by atoms with van der Waals surface area (Å²) < 4.78 is 9.11. The van der Waals surface area contributed by atoms with Crippen LogP contribution in [0.1, 0.15) is 0 Å². The monoisotopic (exact) mass is 676 g/mol. The van der Waals surface area contributed by atoms with Crippen molar-refractivity contribution in [2.24, 2.45) is 0 Å². The predicted octanol–water partition coefficient (Wildman–Crippen LogP) is 14.1. The van der Waals surface area contributed by atoms with Gasteiger partial charge >= 0.3 is 0 Å². The lowest BCUT2D eigenvalue weighted by Gasteiger charge is -2.27.